The Morgan fingerprint density at radius 2 is 1.75 bits per heavy atom. The van der Waals surface area contributed by atoms with E-state index in [1.54, 1.807) is 19.1 Å². The summed E-state index contributed by atoms with van der Waals surface area (Å²) in [6, 6.07) is 9.54. The molecule has 0 spiro atoms. The van der Waals surface area contributed by atoms with Gasteiger partial charge in [0.15, 0.2) is 6.61 Å². The lowest BCUT2D eigenvalue weighted by molar-refractivity contribution is -0.385. The summed E-state index contributed by atoms with van der Waals surface area (Å²) in [6.07, 6.45) is 0. The minimum absolute atomic E-state index is 0.102. The van der Waals surface area contributed by atoms with Gasteiger partial charge in [0, 0.05) is 11.1 Å². The van der Waals surface area contributed by atoms with Gasteiger partial charge in [-0.3, -0.25) is 14.9 Å². The third-order valence-corrected chi connectivity index (χ3v) is 3.64. The van der Waals surface area contributed by atoms with Crippen molar-refractivity contribution in [2.75, 3.05) is 18.5 Å². The van der Waals surface area contributed by atoms with Crippen molar-refractivity contribution in [3.63, 3.8) is 0 Å². The molecule has 1 amide bonds. The van der Waals surface area contributed by atoms with Gasteiger partial charge in [-0.05, 0) is 31.2 Å². The largest absolute Gasteiger partial charge is 0.462 e. The topological polar surface area (TPSA) is 125 Å². The van der Waals surface area contributed by atoms with E-state index in [4.69, 9.17) is 21.1 Å². The number of anilines is 1. The highest BCUT2D eigenvalue weighted by atomic mass is 35.5. The van der Waals surface area contributed by atoms with Crippen molar-refractivity contribution >= 4 is 40.8 Å². The molecular formula is C18H15ClN2O7. The van der Waals surface area contributed by atoms with E-state index in [2.05, 4.69) is 5.32 Å². The first-order valence-corrected chi connectivity index (χ1v) is 8.38. The number of para-hydroxylation sites is 1. The molecule has 0 fully saturated rings. The second-order valence-electron chi connectivity index (χ2n) is 5.31. The molecule has 0 aromatic heterocycles. The predicted octanol–water partition coefficient (Wildman–Crippen LogP) is 3.22. The highest BCUT2D eigenvalue weighted by Crippen LogP contribution is 2.23. The molecule has 2 rings (SSSR count). The molecule has 0 aliphatic rings. The third kappa shape index (κ3) is 5.27. The molecule has 0 atom stereocenters. The first-order chi connectivity index (χ1) is 13.3. The van der Waals surface area contributed by atoms with Crippen LogP contribution in [0.25, 0.3) is 0 Å². The summed E-state index contributed by atoms with van der Waals surface area (Å²) in [5, 5.41) is 13.5. The lowest BCUT2D eigenvalue weighted by Crippen LogP contribution is -2.22. The predicted molar refractivity (Wildman–Crippen MR) is 99.4 cm³/mol. The maximum absolute atomic E-state index is 12.1. The summed E-state index contributed by atoms with van der Waals surface area (Å²) in [5.74, 6) is -2.44. The molecule has 0 unspecified atom stereocenters. The van der Waals surface area contributed by atoms with Crippen LogP contribution in [-0.4, -0.2) is 36.0 Å². The van der Waals surface area contributed by atoms with Gasteiger partial charge >= 0.3 is 11.9 Å². The van der Waals surface area contributed by atoms with Crippen LogP contribution in [0, 0.1) is 10.1 Å². The van der Waals surface area contributed by atoms with Crippen molar-refractivity contribution < 1.29 is 28.8 Å². The molecule has 0 aliphatic carbocycles. The summed E-state index contributed by atoms with van der Waals surface area (Å²) < 4.78 is 9.73. The summed E-state index contributed by atoms with van der Waals surface area (Å²) in [6.45, 7) is 1.09. The van der Waals surface area contributed by atoms with E-state index in [0.29, 0.717) is 0 Å². The zero-order chi connectivity index (χ0) is 20.7. The molecule has 28 heavy (non-hydrogen) atoms. The number of nitro groups is 1. The van der Waals surface area contributed by atoms with Gasteiger partial charge in [-0.1, -0.05) is 23.7 Å². The van der Waals surface area contributed by atoms with E-state index in [9.17, 15) is 24.5 Å². The van der Waals surface area contributed by atoms with Crippen LogP contribution in [0.15, 0.2) is 42.5 Å². The van der Waals surface area contributed by atoms with Crippen LogP contribution >= 0.6 is 11.6 Å². The Kier molecular flexibility index (Phi) is 7.05. The molecule has 9 nitrogen and oxygen atoms in total. The number of nitrogens with zero attached hydrogens (tertiary/aromatic N) is 1. The highest BCUT2D eigenvalue weighted by Gasteiger charge is 2.23. The second-order valence-corrected chi connectivity index (χ2v) is 5.75. The molecule has 0 saturated heterocycles. The number of carbonyl (C=O) groups is 3. The Morgan fingerprint density at radius 1 is 1.07 bits per heavy atom. The van der Waals surface area contributed by atoms with Crippen LogP contribution in [0.5, 0.6) is 0 Å². The zero-order valence-electron chi connectivity index (χ0n) is 14.6. The maximum Gasteiger partial charge on any atom is 0.345 e. The van der Waals surface area contributed by atoms with Gasteiger partial charge in [-0.15, -0.1) is 0 Å². The Hall–Kier alpha value is -3.46. The van der Waals surface area contributed by atoms with Crippen molar-refractivity contribution in [3.8, 4) is 0 Å². The van der Waals surface area contributed by atoms with E-state index >= 15 is 0 Å². The van der Waals surface area contributed by atoms with Crippen molar-refractivity contribution in [2.45, 2.75) is 6.92 Å². The molecule has 1 N–H and O–H groups in total. The van der Waals surface area contributed by atoms with E-state index in [0.717, 1.165) is 12.1 Å². The number of amides is 1. The number of nitrogens with one attached hydrogen (secondary N) is 1. The average Bonchev–Trinajstić information content (AvgIpc) is 2.66. The van der Waals surface area contributed by atoms with Crippen LogP contribution in [0.1, 0.15) is 27.6 Å². The molecule has 0 radical (unpaired) electrons. The van der Waals surface area contributed by atoms with E-state index < -0.39 is 35.1 Å². The lowest BCUT2D eigenvalue weighted by atomic mass is 10.2. The van der Waals surface area contributed by atoms with Crippen molar-refractivity contribution in [2.24, 2.45) is 0 Å². The van der Waals surface area contributed by atoms with Crippen LogP contribution in [0.3, 0.4) is 0 Å². The standard InChI is InChI=1S/C18H15ClN2O7/c1-2-27-17(23)12-5-3-4-6-14(12)20-16(22)10-28-18(24)13-9-11(19)7-8-15(13)21(25)26/h3-9H,2,10H2,1H3,(H,20,22). The Morgan fingerprint density at radius 3 is 2.43 bits per heavy atom. The van der Waals surface area contributed by atoms with Crippen molar-refractivity contribution in [1.82, 2.24) is 0 Å². The Balaban J connectivity index is 2.06. The van der Waals surface area contributed by atoms with E-state index in [1.165, 1.54) is 18.2 Å². The number of carbonyl (C=O) groups excluding carboxylic acids is 3. The maximum atomic E-state index is 12.1. The molecule has 2 aromatic rings. The van der Waals surface area contributed by atoms with Crippen LogP contribution < -0.4 is 5.32 Å². The fourth-order valence-electron chi connectivity index (χ4n) is 2.21. The van der Waals surface area contributed by atoms with Crippen molar-refractivity contribution in [3.05, 3.63) is 68.7 Å². The minimum atomic E-state index is -1.08. The molecule has 10 heteroatoms. The normalized spacial score (nSPS) is 10.1. The van der Waals surface area contributed by atoms with Crippen LogP contribution in [-0.2, 0) is 14.3 Å². The summed E-state index contributed by atoms with van der Waals surface area (Å²) in [4.78, 5) is 46.3. The van der Waals surface area contributed by atoms with E-state index in [-0.39, 0.29) is 28.4 Å². The number of nitro benzene ring substituents is 1. The number of rotatable bonds is 7. The van der Waals surface area contributed by atoms with Gasteiger partial charge in [0.25, 0.3) is 11.6 Å². The molecule has 2 aromatic carbocycles. The number of benzene rings is 2. The molecule has 0 bridgehead atoms. The number of ether oxygens (including phenoxy) is 2. The monoisotopic (exact) mass is 406 g/mol. The van der Waals surface area contributed by atoms with Gasteiger partial charge in [0.1, 0.15) is 5.56 Å². The average molecular weight is 407 g/mol. The number of esters is 2. The fourth-order valence-corrected chi connectivity index (χ4v) is 2.38. The van der Waals surface area contributed by atoms with Crippen molar-refractivity contribution in [1.29, 1.82) is 0 Å². The highest BCUT2D eigenvalue weighted by molar-refractivity contribution is 6.31. The molecule has 0 heterocycles. The smallest absolute Gasteiger partial charge is 0.345 e. The molecule has 0 aliphatic heterocycles. The van der Waals surface area contributed by atoms with E-state index in [1.807, 2.05) is 0 Å². The van der Waals surface area contributed by atoms with Gasteiger partial charge < -0.3 is 14.8 Å². The zero-order valence-corrected chi connectivity index (χ0v) is 15.4. The van der Waals surface area contributed by atoms with Gasteiger partial charge in [0.2, 0.25) is 0 Å². The van der Waals surface area contributed by atoms with Gasteiger partial charge in [0.05, 0.1) is 22.8 Å². The first kappa shape index (κ1) is 20.8. The summed E-state index contributed by atoms with van der Waals surface area (Å²) in [5.41, 5.74) is -0.565. The number of hydrogen-bond acceptors (Lipinski definition) is 7. The lowest BCUT2D eigenvalue weighted by Gasteiger charge is -2.10. The molecule has 146 valence electrons. The van der Waals surface area contributed by atoms with Crippen LogP contribution in [0.4, 0.5) is 11.4 Å². The second kappa shape index (κ2) is 9.47. The minimum Gasteiger partial charge on any atom is -0.462 e. The Labute approximate surface area is 164 Å². The molecule has 0 saturated carbocycles. The number of halogens is 1. The summed E-state index contributed by atoms with van der Waals surface area (Å²) in [7, 11) is 0. The first-order valence-electron chi connectivity index (χ1n) is 8.00. The number of hydrogen-bond donors (Lipinski definition) is 1. The fraction of sp³-hybridized carbons (Fsp3) is 0.167. The molecular weight excluding hydrogens is 392 g/mol. The summed E-state index contributed by atoms with van der Waals surface area (Å²) >= 11 is 5.75. The SMILES string of the molecule is CCOC(=O)c1ccccc1NC(=O)COC(=O)c1cc(Cl)ccc1[N+](=O)[O-]. The third-order valence-electron chi connectivity index (χ3n) is 3.41. The van der Waals surface area contributed by atoms with Crippen LogP contribution in [0.2, 0.25) is 5.02 Å². The van der Waals surface area contributed by atoms with Gasteiger partial charge in [-0.2, -0.15) is 0 Å². The van der Waals surface area contributed by atoms with Gasteiger partial charge in [-0.25, -0.2) is 9.59 Å². The Bertz CT molecular complexity index is 930. The quantitative estimate of drug-likeness (QED) is 0.425.